The Hall–Kier alpha value is -1.87. The number of aryl methyl sites for hydroxylation is 1. The van der Waals surface area contributed by atoms with E-state index in [0.29, 0.717) is 6.61 Å². The van der Waals surface area contributed by atoms with Crippen molar-refractivity contribution in [3.05, 3.63) is 60.2 Å². The Bertz CT molecular complexity index is 462. The maximum absolute atomic E-state index is 5.79. The van der Waals surface area contributed by atoms with Crippen LogP contribution in [0.1, 0.15) is 26.5 Å². The molecule has 0 saturated carbocycles. The summed E-state index contributed by atoms with van der Waals surface area (Å²) in [6.45, 7) is 12.1. The molecular formula is C17H25NO2. The van der Waals surface area contributed by atoms with Crippen molar-refractivity contribution in [1.82, 2.24) is 4.98 Å². The Balaban J connectivity index is 0.00000172. The van der Waals surface area contributed by atoms with Gasteiger partial charge in [0.1, 0.15) is 11.5 Å². The fourth-order valence-electron chi connectivity index (χ4n) is 1.38. The van der Waals surface area contributed by atoms with Crippen molar-refractivity contribution < 1.29 is 9.47 Å². The molecule has 110 valence electrons. The molecule has 3 heteroatoms. The number of methoxy groups -OCH3 is 1. The van der Waals surface area contributed by atoms with Gasteiger partial charge in [0.2, 0.25) is 0 Å². The first kappa shape index (κ1) is 18.1. The van der Waals surface area contributed by atoms with Gasteiger partial charge < -0.3 is 9.47 Å². The van der Waals surface area contributed by atoms with E-state index in [-0.39, 0.29) is 0 Å². The van der Waals surface area contributed by atoms with Crippen LogP contribution in [0.5, 0.6) is 5.75 Å². The summed E-state index contributed by atoms with van der Waals surface area (Å²) in [5, 5.41) is 0. The highest BCUT2D eigenvalue weighted by atomic mass is 16.5. The number of aromatic nitrogens is 1. The van der Waals surface area contributed by atoms with Crippen molar-refractivity contribution in [1.29, 1.82) is 0 Å². The number of nitrogens with zero attached hydrogens (tertiary/aromatic N) is 1. The van der Waals surface area contributed by atoms with Crippen LogP contribution in [-0.4, -0.2) is 18.7 Å². The normalized spacial score (nSPS) is 11.4. The largest absolute Gasteiger partial charge is 0.456 e. The maximum Gasteiger partial charge on any atom is 0.148 e. The molecule has 1 aromatic heterocycles. The summed E-state index contributed by atoms with van der Waals surface area (Å²) in [6, 6.07) is 3.74. The van der Waals surface area contributed by atoms with E-state index in [1.54, 1.807) is 19.4 Å². The van der Waals surface area contributed by atoms with Crippen LogP contribution in [0.2, 0.25) is 0 Å². The third-order valence-electron chi connectivity index (χ3n) is 2.37. The molecule has 3 nitrogen and oxygen atoms in total. The predicted octanol–water partition coefficient (Wildman–Crippen LogP) is 4.46. The molecule has 0 aromatic carbocycles. The van der Waals surface area contributed by atoms with Gasteiger partial charge in [0.15, 0.2) is 0 Å². The Morgan fingerprint density at radius 2 is 2.10 bits per heavy atom. The predicted molar refractivity (Wildman–Crippen MR) is 84.9 cm³/mol. The number of allylic oxidation sites excluding steroid dienone is 2. The quantitative estimate of drug-likeness (QED) is 0.567. The summed E-state index contributed by atoms with van der Waals surface area (Å²) in [5.74, 6) is 1.50. The molecule has 0 N–H and O–H groups in total. The third-order valence-corrected chi connectivity index (χ3v) is 2.37. The summed E-state index contributed by atoms with van der Waals surface area (Å²) in [7, 11) is 1.65. The first-order valence-corrected chi connectivity index (χ1v) is 6.79. The second-order valence-electron chi connectivity index (χ2n) is 3.74. The van der Waals surface area contributed by atoms with Gasteiger partial charge in [-0.25, -0.2) is 0 Å². The minimum atomic E-state index is 0.510. The molecule has 0 aliphatic carbocycles. The van der Waals surface area contributed by atoms with Gasteiger partial charge in [-0.3, -0.25) is 4.98 Å². The molecule has 0 atom stereocenters. The van der Waals surface area contributed by atoms with Crippen molar-refractivity contribution in [2.75, 3.05) is 13.7 Å². The third kappa shape index (κ3) is 6.34. The molecule has 20 heavy (non-hydrogen) atoms. The minimum absolute atomic E-state index is 0.510. The summed E-state index contributed by atoms with van der Waals surface area (Å²) < 4.78 is 10.9. The van der Waals surface area contributed by atoms with E-state index in [0.717, 1.165) is 22.8 Å². The number of ether oxygens (including phenoxy) is 2. The van der Waals surface area contributed by atoms with Crippen LogP contribution < -0.4 is 4.74 Å². The van der Waals surface area contributed by atoms with Gasteiger partial charge in [0.05, 0.1) is 12.3 Å². The average molecular weight is 275 g/mol. The second kappa shape index (κ2) is 11.0. The number of hydrogen-bond donors (Lipinski definition) is 0. The zero-order chi connectivity index (χ0) is 15.4. The summed E-state index contributed by atoms with van der Waals surface area (Å²) >= 11 is 0. The zero-order valence-corrected chi connectivity index (χ0v) is 13.1. The topological polar surface area (TPSA) is 31.4 Å². The van der Waals surface area contributed by atoms with Crippen LogP contribution in [0.15, 0.2) is 54.5 Å². The molecule has 1 aromatic rings. The summed E-state index contributed by atoms with van der Waals surface area (Å²) in [6.07, 6.45) is 7.30. The Morgan fingerprint density at radius 3 is 2.60 bits per heavy atom. The van der Waals surface area contributed by atoms with Crippen LogP contribution in [0, 0.1) is 6.92 Å². The molecule has 0 unspecified atom stereocenters. The molecular weight excluding hydrogens is 250 g/mol. The van der Waals surface area contributed by atoms with E-state index in [4.69, 9.17) is 9.47 Å². The van der Waals surface area contributed by atoms with Gasteiger partial charge in [-0.1, -0.05) is 26.5 Å². The lowest BCUT2D eigenvalue weighted by atomic mass is 10.2. The highest BCUT2D eigenvalue weighted by molar-refractivity contribution is 5.32. The standard InChI is InChI=1S/C15H19NO2.C2H6/c1-5-13(11-17-4)10-14(6-2)18-15-8-7-9-16-12(15)3;1-2/h5-10H,1,11H2,2-4H3;1-2H3/b13-10+,14-6+;. The lowest BCUT2D eigenvalue weighted by Gasteiger charge is -2.09. The van der Waals surface area contributed by atoms with E-state index in [2.05, 4.69) is 11.6 Å². The van der Waals surface area contributed by atoms with Gasteiger partial charge in [-0.15, -0.1) is 0 Å². The molecule has 0 radical (unpaired) electrons. The average Bonchev–Trinajstić information content (AvgIpc) is 2.50. The second-order valence-corrected chi connectivity index (χ2v) is 3.74. The van der Waals surface area contributed by atoms with Crippen molar-refractivity contribution in [2.24, 2.45) is 0 Å². The van der Waals surface area contributed by atoms with Crippen molar-refractivity contribution >= 4 is 0 Å². The minimum Gasteiger partial charge on any atom is -0.456 e. The zero-order valence-electron chi connectivity index (χ0n) is 13.1. The Kier molecular flexibility index (Phi) is 9.97. The fraction of sp³-hybridized carbons (Fsp3) is 0.353. The molecule has 0 spiro atoms. The van der Waals surface area contributed by atoms with E-state index in [9.17, 15) is 0 Å². The van der Waals surface area contributed by atoms with Gasteiger partial charge in [0.25, 0.3) is 0 Å². The number of rotatable bonds is 6. The molecule has 1 heterocycles. The number of pyridine rings is 1. The molecule has 0 bridgehead atoms. The monoisotopic (exact) mass is 275 g/mol. The van der Waals surface area contributed by atoms with Crippen molar-refractivity contribution in [3.8, 4) is 5.75 Å². The van der Waals surface area contributed by atoms with E-state index >= 15 is 0 Å². The highest BCUT2D eigenvalue weighted by Crippen LogP contribution is 2.18. The molecule has 1 rings (SSSR count). The first-order valence-electron chi connectivity index (χ1n) is 6.79. The Labute approximate surface area is 122 Å². The van der Waals surface area contributed by atoms with Gasteiger partial charge in [-0.2, -0.15) is 0 Å². The molecule has 0 amide bonds. The van der Waals surface area contributed by atoms with Gasteiger partial charge in [-0.05, 0) is 43.7 Å². The van der Waals surface area contributed by atoms with Crippen molar-refractivity contribution in [2.45, 2.75) is 27.7 Å². The van der Waals surface area contributed by atoms with Crippen LogP contribution in [0.3, 0.4) is 0 Å². The van der Waals surface area contributed by atoms with E-state index in [1.165, 1.54) is 0 Å². The van der Waals surface area contributed by atoms with Crippen LogP contribution in [-0.2, 0) is 4.74 Å². The van der Waals surface area contributed by atoms with Gasteiger partial charge >= 0.3 is 0 Å². The van der Waals surface area contributed by atoms with E-state index in [1.807, 2.05) is 52.0 Å². The fourth-order valence-corrected chi connectivity index (χ4v) is 1.38. The smallest absolute Gasteiger partial charge is 0.148 e. The Morgan fingerprint density at radius 1 is 1.40 bits per heavy atom. The molecule has 0 aliphatic heterocycles. The summed E-state index contributed by atoms with van der Waals surface area (Å²) in [5.41, 5.74) is 1.82. The molecule has 0 fully saturated rings. The SMILES string of the molecule is C=C/C(=C\C(=C/C)Oc1cccnc1C)COC.CC. The van der Waals surface area contributed by atoms with E-state index < -0.39 is 0 Å². The van der Waals surface area contributed by atoms with Crippen LogP contribution >= 0.6 is 0 Å². The maximum atomic E-state index is 5.79. The lowest BCUT2D eigenvalue weighted by molar-refractivity contribution is 0.228. The molecule has 0 aliphatic rings. The van der Waals surface area contributed by atoms with Gasteiger partial charge in [0, 0.05) is 13.3 Å². The van der Waals surface area contributed by atoms with Crippen LogP contribution in [0.25, 0.3) is 0 Å². The molecule has 0 saturated heterocycles. The van der Waals surface area contributed by atoms with Crippen molar-refractivity contribution in [3.63, 3.8) is 0 Å². The highest BCUT2D eigenvalue weighted by Gasteiger charge is 2.02. The number of hydrogen-bond acceptors (Lipinski definition) is 3. The van der Waals surface area contributed by atoms with Crippen LogP contribution in [0.4, 0.5) is 0 Å². The first-order chi connectivity index (χ1) is 9.71. The lowest BCUT2D eigenvalue weighted by Crippen LogP contribution is -1.98. The summed E-state index contributed by atoms with van der Waals surface area (Å²) in [4.78, 5) is 4.18.